The number of halogens is 1. The fraction of sp³-hybridized carbons (Fsp3) is 0.190. The first-order valence-electron chi connectivity index (χ1n) is 9.48. The molecule has 0 bridgehead atoms. The summed E-state index contributed by atoms with van der Waals surface area (Å²) >= 11 is 15.0. The number of nitrogens with one attached hydrogen (secondary N) is 1. The molecule has 0 atom stereocenters. The molecule has 30 heavy (non-hydrogen) atoms. The maximum atomic E-state index is 12.8. The molecule has 5 nitrogen and oxygen atoms in total. The molecule has 1 aliphatic heterocycles. The van der Waals surface area contributed by atoms with Crippen molar-refractivity contribution in [3.8, 4) is 0 Å². The number of hydrogen-bond donors (Lipinski definition) is 1. The van der Waals surface area contributed by atoms with E-state index in [0.717, 1.165) is 46.9 Å². The monoisotopic (exact) mass is 472 g/mol. The number of anilines is 1. The quantitative estimate of drug-likeness (QED) is 0.416. The molecular weight excluding hydrogens is 456 g/mol. The van der Waals surface area contributed by atoms with Gasteiger partial charge < -0.3 is 9.80 Å². The van der Waals surface area contributed by atoms with Crippen LogP contribution >= 0.6 is 46.5 Å². The summed E-state index contributed by atoms with van der Waals surface area (Å²) in [5, 5.41) is 5.71. The number of aromatic nitrogens is 1. The van der Waals surface area contributed by atoms with Gasteiger partial charge in [-0.2, -0.15) is 0 Å². The number of benzene rings is 2. The number of amides is 1. The average Bonchev–Trinajstić information content (AvgIpc) is 3.35. The Bertz CT molecular complexity index is 1230. The molecule has 9 heteroatoms. The highest BCUT2D eigenvalue weighted by atomic mass is 35.5. The third-order valence-electron chi connectivity index (χ3n) is 5.08. The number of piperazine rings is 1. The van der Waals surface area contributed by atoms with E-state index in [1.54, 1.807) is 11.3 Å². The van der Waals surface area contributed by atoms with Crippen LogP contribution in [0.2, 0.25) is 5.02 Å². The second kappa shape index (κ2) is 8.11. The van der Waals surface area contributed by atoms with Crippen LogP contribution in [0.5, 0.6) is 0 Å². The van der Waals surface area contributed by atoms with Crippen molar-refractivity contribution in [3.05, 3.63) is 58.4 Å². The molecule has 1 fully saturated rings. The van der Waals surface area contributed by atoms with Crippen LogP contribution in [-0.2, 0) is 0 Å². The number of carbonyl (C=O) groups is 1. The Balaban J connectivity index is 1.23. The molecule has 1 aliphatic rings. The van der Waals surface area contributed by atoms with Crippen molar-refractivity contribution in [2.75, 3.05) is 31.1 Å². The van der Waals surface area contributed by atoms with E-state index in [2.05, 4.69) is 16.3 Å². The number of thiocarbonyl (C=S) groups is 1. The van der Waals surface area contributed by atoms with Gasteiger partial charge in [0.05, 0.1) is 15.2 Å². The van der Waals surface area contributed by atoms with Crippen molar-refractivity contribution in [3.63, 3.8) is 0 Å². The van der Waals surface area contributed by atoms with Gasteiger partial charge in [-0.1, -0.05) is 53.3 Å². The maximum absolute atomic E-state index is 12.8. The number of thiophene rings is 1. The molecule has 4 aromatic rings. The fourth-order valence-electron chi connectivity index (χ4n) is 3.49. The van der Waals surface area contributed by atoms with E-state index in [9.17, 15) is 4.79 Å². The van der Waals surface area contributed by atoms with Crippen molar-refractivity contribution >= 4 is 82.9 Å². The topological polar surface area (TPSA) is 48.5 Å². The number of fused-ring (bicyclic) bond motifs is 2. The summed E-state index contributed by atoms with van der Waals surface area (Å²) in [6.07, 6.45) is 0. The van der Waals surface area contributed by atoms with E-state index < -0.39 is 0 Å². The standard InChI is InChI=1S/C21H17ClN4OS3/c22-17-13-5-1-3-7-15(13)29-18(17)19(27)24-20(28)25-9-11-26(12-10-25)21-23-14-6-2-4-8-16(14)30-21/h1-8H,9-12H2,(H,24,27,28). The van der Waals surface area contributed by atoms with Crippen LogP contribution in [0.3, 0.4) is 0 Å². The lowest BCUT2D eigenvalue weighted by atomic mass is 10.2. The molecule has 3 heterocycles. The number of carbonyl (C=O) groups excluding carboxylic acids is 1. The Labute approximate surface area is 191 Å². The third kappa shape index (κ3) is 3.65. The van der Waals surface area contributed by atoms with Crippen molar-refractivity contribution < 1.29 is 4.79 Å². The molecule has 1 N–H and O–H groups in total. The maximum Gasteiger partial charge on any atom is 0.269 e. The summed E-state index contributed by atoms with van der Waals surface area (Å²) in [6, 6.07) is 15.9. The highest BCUT2D eigenvalue weighted by Gasteiger charge is 2.24. The second-order valence-corrected chi connectivity index (χ2v) is 9.76. The van der Waals surface area contributed by atoms with E-state index >= 15 is 0 Å². The van der Waals surface area contributed by atoms with Gasteiger partial charge in [-0.05, 0) is 30.4 Å². The lowest BCUT2D eigenvalue weighted by Crippen LogP contribution is -2.52. The SMILES string of the molecule is O=C(NC(=S)N1CCN(c2nc3ccccc3s2)CC1)c1sc2ccccc2c1Cl. The van der Waals surface area contributed by atoms with Gasteiger partial charge in [-0.3, -0.25) is 10.1 Å². The van der Waals surface area contributed by atoms with E-state index in [-0.39, 0.29) is 5.91 Å². The van der Waals surface area contributed by atoms with Crippen LogP contribution < -0.4 is 10.2 Å². The lowest BCUT2D eigenvalue weighted by Gasteiger charge is -2.35. The highest BCUT2D eigenvalue weighted by Crippen LogP contribution is 2.35. The van der Waals surface area contributed by atoms with Crippen molar-refractivity contribution in [1.29, 1.82) is 0 Å². The molecular formula is C21H17ClN4OS3. The highest BCUT2D eigenvalue weighted by molar-refractivity contribution is 7.80. The molecule has 152 valence electrons. The number of para-hydroxylation sites is 1. The Kier molecular flexibility index (Phi) is 5.32. The van der Waals surface area contributed by atoms with E-state index in [0.29, 0.717) is 15.0 Å². The fourth-order valence-corrected chi connectivity index (χ4v) is 6.19. The summed E-state index contributed by atoms with van der Waals surface area (Å²) in [4.78, 5) is 22.3. The predicted octanol–water partition coefficient (Wildman–Crippen LogP) is 5.00. The van der Waals surface area contributed by atoms with Gasteiger partial charge in [-0.25, -0.2) is 4.98 Å². The zero-order valence-corrected chi connectivity index (χ0v) is 19.0. The minimum atomic E-state index is -0.250. The van der Waals surface area contributed by atoms with Crippen molar-refractivity contribution in [2.45, 2.75) is 0 Å². The van der Waals surface area contributed by atoms with Gasteiger partial charge in [0.25, 0.3) is 5.91 Å². The first-order chi connectivity index (χ1) is 14.6. The Morgan fingerprint density at radius 2 is 1.70 bits per heavy atom. The summed E-state index contributed by atoms with van der Waals surface area (Å²) in [6.45, 7) is 3.07. The molecule has 2 aromatic carbocycles. The number of nitrogens with zero attached hydrogens (tertiary/aromatic N) is 3. The molecule has 1 amide bonds. The Hall–Kier alpha value is -2.26. The predicted molar refractivity (Wildman–Crippen MR) is 130 cm³/mol. The molecule has 0 radical (unpaired) electrons. The number of rotatable bonds is 2. The minimum absolute atomic E-state index is 0.250. The van der Waals surface area contributed by atoms with E-state index in [4.69, 9.17) is 28.8 Å². The van der Waals surface area contributed by atoms with Gasteiger partial charge in [0.15, 0.2) is 10.2 Å². The normalized spacial score (nSPS) is 14.4. The summed E-state index contributed by atoms with van der Waals surface area (Å²) < 4.78 is 2.18. The van der Waals surface area contributed by atoms with Gasteiger partial charge >= 0.3 is 0 Å². The molecule has 0 aliphatic carbocycles. The Morgan fingerprint density at radius 1 is 1.00 bits per heavy atom. The smallest absolute Gasteiger partial charge is 0.269 e. The first kappa shape index (κ1) is 19.7. The molecule has 0 unspecified atom stereocenters. The van der Waals surface area contributed by atoms with Crippen LogP contribution in [0.25, 0.3) is 20.3 Å². The van der Waals surface area contributed by atoms with Gasteiger partial charge in [0.2, 0.25) is 0 Å². The zero-order chi connectivity index (χ0) is 20.7. The molecule has 5 rings (SSSR count). The third-order valence-corrected chi connectivity index (χ3v) is 8.21. The van der Waals surface area contributed by atoms with E-state index in [1.165, 1.54) is 16.0 Å². The molecule has 1 saturated heterocycles. The second-order valence-electron chi connectivity index (χ2n) is 6.94. The van der Waals surface area contributed by atoms with Crippen LogP contribution in [0.4, 0.5) is 5.13 Å². The minimum Gasteiger partial charge on any atom is -0.345 e. The summed E-state index contributed by atoms with van der Waals surface area (Å²) in [5.41, 5.74) is 1.03. The van der Waals surface area contributed by atoms with Crippen molar-refractivity contribution in [1.82, 2.24) is 15.2 Å². The molecule has 2 aromatic heterocycles. The molecule has 0 saturated carbocycles. The van der Waals surface area contributed by atoms with Crippen LogP contribution in [0, 0.1) is 0 Å². The first-order valence-corrected chi connectivity index (χ1v) is 11.9. The lowest BCUT2D eigenvalue weighted by molar-refractivity contribution is 0.0977. The average molecular weight is 473 g/mol. The molecule has 0 spiro atoms. The van der Waals surface area contributed by atoms with Crippen LogP contribution in [0.15, 0.2) is 48.5 Å². The largest absolute Gasteiger partial charge is 0.345 e. The van der Waals surface area contributed by atoms with E-state index in [1.807, 2.05) is 47.4 Å². The number of hydrogen-bond acceptors (Lipinski definition) is 6. The number of thiazole rings is 1. The van der Waals surface area contributed by atoms with Gasteiger partial charge in [-0.15, -0.1) is 11.3 Å². The summed E-state index contributed by atoms with van der Waals surface area (Å²) in [5.74, 6) is -0.250. The summed E-state index contributed by atoms with van der Waals surface area (Å²) in [7, 11) is 0. The Morgan fingerprint density at radius 3 is 2.43 bits per heavy atom. The van der Waals surface area contributed by atoms with Gasteiger partial charge in [0, 0.05) is 36.3 Å². The van der Waals surface area contributed by atoms with Gasteiger partial charge in [0.1, 0.15) is 4.88 Å². The van der Waals surface area contributed by atoms with Crippen LogP contribution in [-0.4, -0.2) is 47.1 Å². The van der Waals surface area contributed by atoms with Crippen LogP contribution in [0.1, 0.15) is 9.67 Å². The zero-order valence-electron chi connectivity index (χ0n) is 15.8. The van der Waals surface area contributed by atoms with Crippen molar-refractivity contribution in [2.24, 2.45) is 0 Å².